The van der Waals surface area contributed by atoms with Gasteiger partial charge in [-0.1, -0.05) is 37.3 Å². The first kappa shape index (κ1) is 12.0. The molecule has 0 heterocycles. The molecule has 0 spiro atoms. The molecule has 0 radical (unpaired) electrons. The fraction of sp³-hybridized carbons (Fsp3) is 0.500. The van der Waals surface area contributed by atoms with E-state index in [1.807, 2.05) is 12.2 Å². The molecule has 82 valence electrons. The Morgan fingerprint density at radius 2 is 2.40 bits per heavy atom. The predicted molar refractivity (Wildman–Crippen MR) is 64.7 cm³/mol. The number of rotatable bonds is 5. The van der Waals surface area contributed by atoms with Gasteiger partial charge >= 0.3 is 0 Å². The van der Waals surface area contributed by atoms with Crippen molar-refractivity contribution in [3.05, 3.63) is 36.0 Å². The Morgan fingerprint density at radius 1 is 1.67 bits per heavy atom. The van der Waals surface area contributed by atoms with E-state index in [0.29, 0.717) is 0 Å². The van der Waals surface area contributed by atoms with Crippen LogP contribution in [0, 0.1) is 5.41 Å². The lowest BCUT2D eigenvalue weighted by molar-refractivity contribution is -0.105. The smallest absolute Gasteiger partial charge is 0.146 e. The second-order valence-electron chi connectivity index (χ2n) is 4.63. The van der Waals surface area contributed by atoms with Crippen LogP contribution in [0.4, 0.5) is 0 Å². The van der Waals surface area contributed by atoms with Gasteiger partial charge in [-0.2, -0.15) is 0 Å². The Bertz CT molecular complexity index is 309. The Kier molecular flexibility index (Phi) is 4.07. The quantitative estimate of drug-likeness (QED) is 0.491. The third-order valence-corrected chi connectivity index (χ3v) is 3.36. The normalized spacial score (nSPS) is 26.3. The first-order valence-corrected chi connectivity index (χ1v) is 5.56. The summed E-state index contributed by atoms with van der Waals surface area (Å²) in [6, 6.07) is 0. The molecule has 0 saturated heterocycles. The van der Waals surface area contributed by atoms with E-state index >= 15 is 0 Å². The van der Waals surface area contributed by atoms with Gasteiger partial charge < -0.3 is 0 Å². The minimum atomic E-state index is 0.109. The summed E-state index contributed by atoms with van der Waals surface area (Å²) in [7, 11) is 0. The summed E-state index contributed by atoms with van der Waals surface area (Å²) in [4.78, 5) is 10.9. The highest BCUT2D eigenvalue weighted by molar-refractivity contribution is 5.76. The van der Waals surface area contributed by atoms with Crippen LogP contribution in [0.3, 0.4) is 0 Å². The SMILES string of the molecule is C=C/C=C(\C)CCC1(C)CCC=C1C=O. The van der Waals surface area contributed by atoms with E-state index in [0.717, 1.165) is 37.5 Å². The minimum Gasteiger partial charge on any atom is -0.298 e. The van der Waals surface area contributed by atoms with Crippen molar-refractivity contribution in [2.75, 3.05) is 0 Å². The highest BCUT2D eigenvalue weighted by Crippen LogP contribution is 2.42. The lowest BCUT2D eigenvalue weighted by Crippen LogP contribution is -2.16. The maximum absolute atomic E-state index is 10.9. The van der Waals surface area contributed by atoms with E-state index in [1.165, 1.54) is 5.57 Å². The van der Waals surface area contributed by atoms with Gasteiger partial charge in [-0.05, 0) is 43.6 Å². The van der Waals surface area contributed by atoms with Gasteiger partial charge in [0.25, 0.3) is 0 Å². The molecule has 1 atom stereocenters. The van der Waals surface area contributed by atoms with E-state index < -0.39 is 0 Å². The van der Waals surface area contributed by atoms with Crippen molar-refractivity contribution in [3.63, 3.8) is 0 Å². The molecule has 0 amide bonds. The van der Waals surface area contributed by atoms with Crippen LogP contribution in [0.25, 0.3) is 0 Å². The molecular formula is C14H20O. The summed E-state index contributed by atoms with van der Waals surface area (Å²) in [5.74, 6) is 0. The standard InChI is InChI=1S/C14H20O/c1-4-6-12(2)8-10-14(3)9-5-7-13(14)11-15/h4,6-7,11H,1,5,8-10H2,2-3H3/b12-6+. The highest BCUT2D eigenvalue weighted by Gasteiger charge is 2.31. The first-order chi connectivity index (χ1) is 7.12. The molecule has 0 aromatic heterocycles. The average Bonchev–Trinajstić information content (AvgIpc) is 2.58. The molecule has 1 aliphatic rings. The van der Waals surface area contributed by atoms with E-state index in [-0.39, 0.29) is 5.41 Å². The molecule has 1 unspecified atom stereocenters. The van der Waals surface area contributed by atoms with Crippen LogP contribution in [-0.4, -0.2) is 6.29 Å². The summed E-state index contributed by atoms with van der Waals surface area (Å²) >= 11 is 0. The summed E-state index contributed by atoms with van der Waals surface area (Å²) in [5, 5.41) is 0. The summed E-state index contributed by atoms with van der Waals surface area (Å²) in [5.41, 5.74) is 2.44. The van der Waals surface area contributed by atoms with E-state index in [1.54, 1.807) is 0 Å². The third kappa shape index (κ3) is 2.92. The molecular weight excluding hydrogens is 184 g/mol. The van der Waals surface area contributed by atoms with Crippen molar-refractivity contribution >= 4 is 6.29 Å². The van der Waals surface area contributed by atoms with Crippen LogP contribution in [-0.2, 0) is 4.79 Å². The van der Waals surface area contributed by atoms with E-state index in [9.17, 15) is 4.79 Å². The van der Waals surface area contributed by atoms with Crippen LogP contribution in [0.15, 0.2) is 36.0 Å². The number of hydrogen-bond acceptors (Lipinski definition) is 1. The number of allylic oxidation sites excluding steroid dienone is 5. The molecule has 1 heteroatoms. The molecule has 0 saturated carbocycles. The van der Waals surface area contributed by atoms with Gasteiger partial charge in [0.05, 0.1) is 0 Å². The van der Waals surface area contributed by atoms with Crippen molar-refractivity contribution < 1.29 is 4.79 Å². The maximum Gasteiger partial charge on any atom is 0.146 e. The second kappa shape index (κ2) is 5.11. The van der Waals surface area contributed by atoms with Gasteiger partial charge in [0.15, 0.2) is 0 Å². The molecule has 1 nitrogen and oxygen atoms in total. The molecule has 0 N–H and O–H groups in total. The number of carbonyl (C=O) groups is 1. The van der Waals surface area contributed by atoms with Crippen molar-refractivity contribution in [3.8, 4) is 0 Å². The lowest BCUT2D eigenvalue weighted by atomic mass is 9.79. The Balaban J connectivity index is 2.58. The van der Waals surface area contributed by atoms with Gasteiger partial charge in [0.1, 0.15) is 6.29 Å². The van der Waals surface area contributed by atoms with Crippen LogP contribution in [0.5, 0.6) is 0 Å². The van der Waals surface area contributed by atoms with Crippen LogP contribution >= 0.6 is 0 Å². The summed E-state index contributed by atoms with van der Waals surface area (Å²) in [6.45, 7) is 8.00. The van der Waals surface area contributed by atoms with Gasteiger partial charge in [-0.15, -0.1) is 0 Å². The fourth-order valence-corrected chi connectivity index (χ4v) is 2.15. The van der Waals surface area contributed by atoms with Crippen LogP contribution in [0.1, 0.15) is 39.5 Å². The summed E-state index contributed by atoms with van der Waals surface area (Å²) < 4.78 is 0. The zero-order valence-electron chi connectivity index (χ0n) is 9.75. The molecule has 1 rings (SSSR count). The Hall–Kier alpha value is -1.11. The van der Waals surface area contributed by atoms with Crippen LogP contribution in [0.2, 0.25) is 0 Å². The van der Waals surface area contributed by atoms with Gasteiger partial charge in [-0.3, -0.25) is 4.79 Å². The van der Waals surface area contributed by atoms with Gasteiger partial charge in [0, 0.05) is 0 Å². The molecule has 1 aliphatic carbocycles. The molecule has 0 aromatic rings. The van der Waals surface area contributed by atoms with E-state index in [4.69, 9.17) is 0 Å². The molecule has 15 heavy (non-hydrogen) atoms. The fourth-order valence-electron chi connectivity index (χ4n) is 2.15. The van der Waals surface area contributed by atoms with Crippen molar-refractivity contribution in [2.45, 2.75) is 39.5 Å². The lowest BCUT2D eigenvalue weighted by Gasteiger charge is -2.25. The third-order valence-electron chi connectivity index (χ3n) is 3.36. The van der Waals surface area contributed by atoms with Crippen molar-refractivity contribution in [2.24, 2.45) is 5.41 Å². The van der Waals surface area contributed by atoms with E-state index in [2.05, 4.69) is 26.5 Å². The number of carbonyl (C=O) groups excluding carboxylic acids is 1. The maximum atomic E-state index is 10.9. The Morgan fingerprint density at radius 3 is 3.00 bits per heavy atom. The monoisotopic (exact) mass is 204 g/mol. The number of hydrogen-bond donors (Lipinski definition) is 0. The largest absolute Gasteiger partial charge is 0.298 e. The molecule has 0 bridgehead atoms. The minimum absolute atomic E-state index is 0.109. The first-order valence-electron chi connectivity index (χ1n) is 5.56. The zero-order chi connectivity index (χ0) is 11.3. The molecule has 0 aliphatic heterocycles. The average molecular weight is 204 g/mol. The molecule has 0 fully saturated rings. The van der Waals surface area contributed by atoms with Crippen LogP contribution < -0.4 is 0 Å². The van der Waals surface area contributed by atoms with Crippen molar-refractivity contribution in [1.82, 2.24) is 0 Å². The second-order valence-corrected chi connectivity index (χ2v) is 4.63. The van der Waals surface area contributed by atoms with Crippen molar-refractivity contribution in [1.29, 1.82) is 0 Å². The topological polar surface area (TPSA) is 17.1 Å². The van der Waals surface area contributed by atoms with Gasteiger partial charge in [-0.25, -0.2) is 0 Å². The predicted octanol–water partition coefficient (Wildman–Crippen LogP) is 3.82. The molecule has 0 aromatic carbocycles. The zero-order valence-corrected chi connectivity index (χ0v) is 9.75. The number of aldehydes is 1. The van der Waals surface area contributed by atoms with Gasteiger partial charge in [0.2, 0.25) is 0 Å². The summed E-state index contributed by atoms with van der Waals surface area (Å²) in [6.07, 6.45) is 11.3. The highest BCUT2D eigenvalue weighted by atomic mass is 16.1. The Labute approximate surface area is 92.6 Å².